The molecule has 0 unspecified atom stereocenters. The van der Waals surface area contributed by atoms with Crippen molar-refractivity contribution in [2.45, 2.75) is 47.1 Å². The van der Waals surface area contributed by atoms with Gasteiger partial charge in [0, 0.05) is 33.2 Å². The number of nitrogens with zero attached hydrogens (tertiary/aromatic N) is 2. The lowest BCUT2D eigenvalue weighted by Crippen LogP contribution is -2.42. The molecule has 1 saturated heterocycles. The molecule has 128 valence electrons. The molecule has 0 bridgehead atoms. The fourth-order valence-electron chi connectivity index (χ4n) is 3.05. The van der Waals surface area contributed by atoms with Crippen LogP contribution >= 0.6 is 0 Å². The molecule has 0 N–H and O–H groups in total. The van der Waals surface area contributed by atoms with E-state index in [0.29, 0.717) is 31.4 Å². The predicted molar refractivity (Wildman–Crippen MR) is 87.4 cm³/mol. The van der Waals surface area contributed by atoms with Crippen LogP contribution in [0.5, 0.6) is 0 Å². The van der Waals surface area contributed by atoms with Crippen molar-refractivity contribution >= 4 is 11.8 Å². The molecule has 5 heteroatoms. The second-order valence-electron chi connectivity index (χ2n) is 7.28. The van der Waals surface area contributed by atoms with E-state index in [4.69, 9.17) is 4.74 Å². The van der Waals surface area contributed by atoms with E-state index >= 15 is 0 Å². The molecule has 2 atom stereocenters. The predicted octanol–water partition coefficient (Wildman–Crippen LogP) is 2.01. The molecule has 1 rings (SSSR count). The van der Waals surface area contributed by atoms with Crippen molar-refractivity contribution in [3.05, 3.63) is 0 Å². The van der Waals surface area contributed by atoms with Crippen LogP contribution in [0.4, 0.5) is 0 Å². The lowest BCUT2D eigenvalue weighted by atomic mass is 10.0. The normalized spacial score (nSPS) is 20.1. The van der Waals surface area contributed by atoms with Gasteiger partial charge in [0.1, 0.15) is 0 Å². The monoisotopic (exact) mass is 312 g/mol. The Labute approximate surface area is 135 Å². The minimum absolute atomic E-state index is 0.0268. The molecule has 1 fully saturated rings. The molecule has 5 nitrogen and oxygen atoms in total. The van der Waals surface area contributed by atoms with Crippen LogP contribution in [-0.4, -0.2) is 61.0 Å². The van der Waals surface area contributed by atoms with Crippen molar-refractivity contribution in [3.63, 3.8) is 0 Å². The molecule has 0 spiro atoms. The largest absolute Gasteiger partial charge is 0.383 e. The van der Waals surface area contributed by atoms with Crippen LogP contribution in [0.1, 0.15) is 41.0 Å². The number of methoxy groups -OCH3 is 1. The second-order valence-corrected chi connectivity index (χ2v) is 7.28. The smallest absolute Gasteiger partial charge is 0.228 e. The van der Waals surface area contributed by atoms with Crippen LogP contribution in [0.25, 0.3) is 0 Å². The van der Waals surface area contributed by atoms with Gasteiger partial charge < -0.3 is 14.5 Å². The van der Waals surface area contributed by atoms with Crippen LogP contribution < -0.4 is 0 Å². The summed E-state index contributed by atoms with van der Waals surface area (Å²) >= 11 is 0. The highest BCUT2D eigenvalue weighted by Gasteiger charge is 2.38. The third-order valence-electron chi connectivity index (χ3n) is 3.93. The lowest BCUT2D eigenvalue weighted by molar-refractivity contribution is -0.136. The number of carbonyl (C=O) groups excluding carboxylic acids is 2. The Morgan fingerprint density at radius 1 is 1.23 bits per heavy atom. The number of amides is 2. The van der Waals surface area contributed by atoms with Crippen LogP contribution in [0.3, 0.4) is 0 Å². The highest BCUT2D eigenvalue weighted by molar-refractivity contribution is 5.89. The van der Waals surface area contributed by atoms with Crippen molar-refractivity contribution in [3.8, 4) is 0 Å². The minimum atomic E-state index is -0.204. The van der Waals surface area contributed by atoms with Crippen LogP contribution in [0.2, 0.25) is 0 Å². The maximum Gasteiger partial charge on any atom is 0.228 e. The molecule has 0 aromatic carbocycles. The Hall–Kier alpha value is -1.10. The first-order chi connectivity index (χ1) is 10.3. The van der Waals surface area contributed by atoms with E-state index in [-0.39, 0.29) is 23.8 Å². The van der Waals surface area contributed by atoms with Gasteiger partial charge in [-0.3, -0.25) is 9.59 Å². The molecule has 1 aliphatic rings. The van der Waals surface area contributed by atoms with Gasteiger partial charge in [-0.1, -0.05) is 27.7 Å². The van der Waals surface area contributed by atoms with Gasteiger partial charge in [-0.15, -0.1) is 0 Å². The maximum absolute atomic E-state index is 12.8. The molecule has 2 amide bonds. The summed E-state index contributed by atoms with van der Waals surface area (Å²) in [5.74, 6) is 0.857. The summed E-state index contributed by atoms with van der Waals surface area (Å²) in [6.07, 6.45) is 0.333. The van der Waals surface area contributed by atoms with E-state index < -0.39 is 0 Å². The van der Waals surface area contributed by atoms with Crippen LogP contribution in [-0.2, 0) is 14.3 Å². The van der Waals surface area contributed by atoms with Gasteiger partial charge in [0.05, 0.1) is 18.6 Å². The molecule has 1 aliphatic heterocycles. The standard InChI is InChI=1S/C17H32N2O3/c1-12(2)8-18(9-13(3)4)17(21)15-7-16(20)19(10-15)14(5)11-22-6/h12-15H,7-11H2,1-6H3/t14-,15+/m1/s1. The summed E-state index contributed by atoms with van der Waals surface area (Å²) in [7, 11) is 1.63. The first kappa shape index (κ1) is 18.9. The van der Waals surface area contributed by atoms with E-state index in [1.807, 2.05) is 11.8 Å². The van der Waals surface area contributed by atoms with Gasteiger partial charge in [-0.05, 0) is 18.8 Å². The van der Waals surface area contributed by atoms with Crippen molar-refractivity contribution in [2.75, 3.05) is 33.4 Å². The first-order valence-electron chi connectivity index (χ1n) is 8.33. The molecule has 0 saturated carbocycles. The Morgan fingerprint density at radius 3 is 2.23 bits per heavy atom. The molecule has 0 aromatic rings. The zero-order valence-electron chi connectivity index (χ0n) is 15.0. The van der Waals surface area contributed by atoms with Gasteiger partial charge in [0.25, 0.3) is 0 Å². The van der Waals surface area contributed by atoms with Crippen LogP contribution in [0.15, 0.2) is 0 Å². The van der Waals surface area contributed by atoms with Crippen molar-refractivity contribution < 1.29 is 14.3 Å². The van der Waals surface area contributed by atoms with Crippen LogP contribution in [0, 0.1) is 17.8 Å². The zero-order valence-corrected chi connectivity index (χ0v) is 15.0. The number of carbonyl (C=O) groups is 2. The van der Waals surface area contributed by atoms with Crippen molar-refractivity contribution in [1.29, 1.82) is 0 Å². The van der Waals surface area contributed by atoms with E-state index in [9.17, 15) is 9.59 Å². The minimum Gasteiger partial charge on any atom is -0.383 e. The number of ether oxygens (including phenoxy) is 1. The lowest BCUT2D eigenvalue weighted by Gasteiger charge is -2.29. The fraction of sp³-hybridized carbons (Fsp3) is 0.882. The Kier molecular flexibility index (Phi) is 7.33. The third-order valence-corrected chi connectivity index (χ3v) is 3.93. The first-order valence-corrected chi connectivity index (χ1v) is 8.33. The Bertz CT molecular complexity index is 372. The molecule has 0 aromatic heterocycles. The van der Waals surface area contributed by atoms with Gasteiger partial charge in [0.15, 0.2) is 0 Å². The zero-order chi connectivity index (χ0) is 16.9. The molecular weight excluding hydrogens is 280 g/mol. The second kappa shape index (κ2) is 8.51. The summed E-state index contributed by atoms with van der Waals surface area (Å²) in [6.45, 7) is 13.0. The molecule has 0 radical (unpaired) electrons. The third kappa shape index (κ3) is 5.27. The van der Waals surface area contributed by atoms with Crippen molar-refractivity contribution in [1.82, 2.24) is 9.80 Å². The highest BCUT2D eigenvalue weighted by Crippen LogP contribution is 2.23. The Balaban J connectivity index is 2.72. The molecule has 1 heterocycles. The number of likely N-dealkylation sites (tertiary alicyclic amines) is 1. The Morgan fingerprint density at radius 2 is 1.77 bits per heavy atom. The van der Waals surface area contributed by atoms with Gasteiger partial charge in [-0.25, -0.2) is 0 Å². The summed E-state index contributed by atoms with van der Waals surface area (Å²) in [6, 6.07) is 0.0268. The average Bonchev–Trinajstić information content (AvgIpc) is 2.78. The average molecular weight is 312 g/mol. The van der Waals surface area contributed by atoms with Gasteiger partial charge in [-0.2, -0.15) is 0 Å². The summed E-state index contributed by atoms with van der Waals surface area (Å²) < 4.78 is 5.12. The summed E-state index contributed by atoms with van der Waals surface area (Å²) in [4.78, 5) is 28.7. The van der Waals surface area contributed by atoms with Gasteiger partial charge >= 0.3 is 0 Å². The number of hydrogen-bond donors (Lipinski definition) is 0. The number of rotatable bonds is 8. The molecular formula is C17H32N2O3. The highest BCUT2D eigenvalue weighted by atomic mass is 16.5. The summed E-state index contributed by atoms with van der Waals surface area (Å²) in [5, 5.41) is 0. The SMILES string of the molecule is COC[C@@H](C)N1C[C@@H](C(=O)N(CC(C)C)CC(C)C)CC1=O. The van der Waals surface area contributed by atoms with E-state index in [2.05, 4.69) is 27.7 Å². The van der Waals surface area contributed by atoms with Crippen molar-refractivity contribution in [2.24, 2.45) is 17.8 Å². The fourth-order valence-corrected chi connectivity index (χ4v) is 3.05. The maximum atomic E-state index is 12.8. The number of hydrogen-bond acceptors (Lipinski definition) is 3. The quantitative estimate of drug-likeness (QED) is 0.689. The topological polar surface area (TPSA) is 49.9 Å². The van der Waals surface area contributed by atoms with E-state index in [0.717, 1.165) is 13.1 Å². The molecule has 22 heavy (non-hydrogen) atoms. The van der Waals surface area contributed by atoms with Gasteiger partial charge in [0.2, 0.25) is 11.8 Å². The molecule has 0 aliphatic carbocycles. The van der Waals surface area contributed by atoms with E-state index in [1.54, 1.807) is 12.0 Å². The summed E-state index contributed by atoms with van der Waals surface area (Å²) in [5.41, 5.74) is 0. The van der Waals surface area contributed by atoms with E-state index in [1.165, 1.54) is 0 Å².